The van der Waals surface area contributed by atoms with E-state index in [1.807, 2.05) is 6.92 Å². The molecule has 0 amide bonds. The zero-order valence-corrected chi connectivity index (χ0v) is 21.9. The summed E-state index contributed by atoms with van der Waals surface area (Å²) in [7, 11) is 0. The van der Waals surface area contributed by atoms with Gasteiger partial charge in [-0.15, -0.1) is 0 Å². The molecule has 0 bridgehead atoms. The first kappa shape index (κ1) is 22.1. The molecule has 154 valence electrons. The second kappa shape index (κ2) is 9.57. The van der Waals surface area contributed by atoms with Crippen LogP contribution in [0.3, 0.4) is 0 Å². The van der Waals surface area contributed by atoms with Crippen LogP contribution in [0.5, 0.6) is 11.5 Å². The van der Waals surface area contributed by atoms with Gasteiger partial charge in [-0.1, -0.05) is 6.92 Å². The van der Waals surface area contributed by atoms with E-state index in [4.69, 9.17) is 18.9 Å². The van der Waals surface area contributed by atoms with E-state index in [9.17, 15) is 0 Å². The van der Waals surface area contributed by atoms with Crippen LogP contribution in [0, 0.1) is 6.42 Å². The fraction of sp³-hybridized carbons (Fsp3) is 0.381. The Kier molecular flexibility index (Phi) is 7.29. The molecule has 2 saturated heterocycles. The molecule has 4 rings (SSSR count). The van der Waals surface area contributed by atoms with Gasteiger partial charge in [-0.2, -0.15) is 0 Å². The van der Waals surface area contributed by atoms with Crippen LogP contribution in [0.25, 0.3) is 0 Å². The first-order chi connectivity index (χ1) is 14.0. The third-order valence-corrected chi connectivity index (χ3v) is 6.98. The molecule has 2 aromatic carbocycles. The van der Waals surface area contributed by atoms with E-state index in [0.717, 1.165) is 53.7 Å². The molecule has 2 atom stereocenters. The van der Waals surface area contributed by atoms with Gasteiger partial charge in [0.15, 0.2) is 0 Å². The van der Waals surface area contributed by atoms with E-state index in [-0.39, 0.29) is 18.1 Å². The van der Waals surface area contributed by atoms with Crippen molar-refractivity contribution < 1.29 is 18.9 Å². The molecule has 8 heteroatoms. The highest BCUT2D eigenvalue weighted by atomic mass is 79.9. The lowest BCUT2D eigenvalue weighted by atomic mass is 9.89. The van der Waals surface area contributed by atoms with Gasteiger partial charge in [-0.25, -0.2) is 0 Å². The Bertz CT molecular complexity index is 779. The number of halogens is 4. The van der Waals surface area contributed by atoms with Crippen molar-refractivity contribution in [1.29, 1.82) is 0 Å². The monoisotopic (exact) mass is 650 g/mol. The number of benzene rings is 2. The summed E-state index contributed by atoms with van der Waals surface area (Å²) in [5.74, 6) is 1.55. The van der Waals surface area contributed by atoms with E-state index in [2.05, 4.69) is 94.4 Å². The Morgan fingerprint density at radius 2 is 1.17 bits per heavy atom. The molecule has 2 aliphatic rings. The van der Waals surface area contributed by atoms with Gasteiger partial charge >= 0.3 is 0 Å². The third kappa shape index (κ3) is 5.57. The summed E-state index contributed by atoms with van der Waals surface area (Å²) >= 11 is 14.6. The molecule has 2 aromatic rings. The van der Waals surface area contributed by atoms with E-state index in [0.29, 0.717) is 13.2 Å². The molecule has 0 N–H and O–H groups in total. The maximum absolute atomic E-state index is 5.89. The minimum Gasteiger partial charge on any atom is -0.488 e. The molecule has 0 saturated carbocycles. The summed E-state index contributed by atoms with van der Waals surface area (Å²) in [6.07, 6.45) is 3.82. The summed E-state index contributed by atoms with van der Waals surface area (Å²) in [6.45, 7) is 4.59. The van der Waals surface area contributed by atoms with Gasteiger partial charge in [0.25, 0.3) is 0 Å². The van der Waals surface area contributed by atoms with Gasteiger partial charge in [0, 0.05) is 5.92 Å². The molecular formula is C21H18Br4O4. The third-order valence-electron chi connectivity index (χ3n) is 4.63. The maximum atomic E-state index is 5.89. The first-order valence-electron chi connectivity index (χ1n) is 9.10. The highest BCUT2D eigenvalue weighted by Crippen LogP contribution is 2.42. The van der Waals surface area contributed by atoms with Gasteiger partial charge in [0.2, 0.25) is 0 Å². The Labute approximate surface area is 204 Å². The summed E-state index contributed by atoms with van der Waals surface area (Å²) in [4.78, 5) is 0. The molecule has 0 aliphatic carbocycles. The molecule has 0 spiro atoms. The molecule has 2 aliphatic heterocycles. The van der Waals surface area contributed by atoms with Crippen LogP contribution in [0.2, 0.25) is 0 Å². The van der Waals surface area contributed by atoms with E-state index in [1.54, 1.807) is 0 Å². The van der Waals surface area contributed by atoms with Crippen molar-refractivity contribution in [1.82, 2.24) is 0 Å². The lowest BCUT2D eigenvalue weighted by Crippen LogP contribution is -2.07. The van der Waals surface area contributed by atoms with Crippen LogP contribution >= 0.6 is 63.7 Å². The highest BCUT2D eigenvalue weighted by molar-refractivity contribution is 9.11. The Morgan fingerprint density at radius 1 is 0.828 bits per heavy atom. The highest BCUT2D eigenvalue weighted by Gasteiger charge is 2.26. The molecule has 2 unspecified atom stereocenters. The van der Waals surface area contributed by atoms with Crippen LogP contribution in [-0.2, 0) is 9.47 Å². The van der Waals surface area contributed by atoms with Gasteiger partial charge in [-0.05, 0) is 106 Å². The lowest BCUT2D eigenvalue weighted by molar-refractivity contribution is 0.260. The molecule has 2 fully saturated rings. The SMILES string of the molecule is C[C]C(c1cc(Br)c(OCC2CO2)c(Br)c1)c1cc(Br)c(OCC2CO2)c(Br)c1. The van der Waals surface area contributed by atoms with Crippen LogP contribution < -0.4 is 9.47 Å². The summed E-state index contributed by atoms with van der Waals surface area (Å²) < 4.78 is 25.8. The Hall–Kier alpha value is -0.120. The molecular weight excluding hydrogens is 636 g/mol. The minimum atomic E-state index is -0.0168. The van der Waals surface area contributed by atoms with Crippen molar-refractivity contribution >= 4 is 63.7 Å². The second-order valence-electron chi connectivity index (χ2n) is 6.88. The molecule has 0 aromatic heterocycles. The number of hydrogen-bond acceptors (Lipinski definition) is 4. The average molecular weight is 654 g/mol. The lowest BCUT2D eigenvalue weighted by Gasteiger charge is -2.20. The molecule has 2 heterocycles. The van der Waals surface area contributed by atoms with Crippen molar-refractivity contribution in [3.05, 3.63) is 59.7 Å². The minimum absolute atomic E-state index is 0.0168. The average Bonchev–Trinajstić information content (AvgIpc) is 3.56. The second-order valence-corrected chi connectivity index (χ2v) is 10.3. The van der Waals surface area contributed by atoms with Crippen LogP contribution in [-0.4, -0.2) is 38.6 Å². The predicted molar refractivity (Wildman–Crippen MR) is 125 cm³/mol. The van der Waals surface area contributed by atoms with Gasteiger partial charge in [0.05, 0.1) is 31.1 Å². The smallest absolute Gasteiger partial charge is 0.147 e. The zero-order valence-electron chi connectivity index (χ0n) is 15.5. The fourth-order valence-electron chi connectivity index (χ4n) is 2.97. The maximum Gasteiger partial charge on any atom is 0.147 e. The number of ether oxygens (including phenoxy) is 4. The zero-order chi connectivity index (χ0) is 20.5. The van der Waals surface area contributed by atoms with Crippen molar-refractivity contribution in [2.75, 3.05) is 26.4 Å². The topological polar surface area (TPSA) is 43.5 Å². The standard InChI is InChI=1S/C21H18Br4O4/c1-2-15(11-3-16(22)20(17(23)4-11)28-9-13-7-26-13)12-5-18(24)21(19(25)6-12)29-10-14-8-27-14/h3-6,13-15H,7-10H2,1H3. The van der Waals surface area contributed by atoms with Crippen molar-refractivity contribution in [3.63, 3.8) is 0 Å². The Balaban J connectivity index is 1.57. The van der Waals surface area contributed by atoms with Crippen molar-refractivity contribution in [2.24, 2.45) is 0 Å². The van der Waals surface area contributed by atoms with E-state index in [1.165, 1.54) is 0 Å². The van der Waals surface area contributed by atoms with Crippen molar-refractivity contribution in [3.8, 4) is 11.5 Å². The summed E-state index contributed by atoms with van der Waals surface area (Å²) in [5, 5.41) is 0. The Morgan fingerprint density at radius 3 is 1.45 bits per heavy atom. The molecule has 29 heavy (non-hydrogen) atoms. The first-order valence-corrected chi connectivity index (χ1v) is 12.3. The van der Waals surface area contributed by atoms with Crippen LogP contribution in [0.15, 0.2) is 42.2 Å². The van der Waals surface area contributed by atoms with E-state index >= 15 is 0 Å². The van der Waals surface area contributed by atoms with Gasteiger partial charge < -0.3 is 18.9 Å². The van der Waals surface area contributed by atoms with Gasteiger partial charge in [0.1, 0.15) is 36.9 Å². The predicted octanol–water partition coefficient (Wildman–Crippen LogP) is 6.52. The fourth-order valence-corrected chi connectivity index (χ4v) is 5.88. The molecule has 2 radical (unpaired) electrons. The van der Waals surface area contributed by atoms with Gasteiger partial charge in [-0.3, -0.25) is 0 Å². The number of rotatable bonds is 9. The largest absolute Gasteiger partial charge is 0.488 e. The number of hydrogen-bond donors (Lipinski definition) is 0. The quantitative estimate of drug-likeness (QED) is 0.289. The van der Waals surface area contributed by atoms with Crippen LogP contribution in [0.4, 0.5) is 0 Å². The number of epoxide rings is 2. The summed E-state index contributed by atoms with van der Waals surface area (Å²) in [6, 6.07) is 8.30. The van der Waals surface area contributed by atoms with Crippen molar-refractivity contribution in [2.45, 2.75) is 25.0 Å². The van der Waals surface area contributed by atoms with Crippen LogP contribution in [0.1, 0.15) is 24.0 Å². The molecule has 4 nitrogen and oxygen atoms in total. The normalized spacial score (nSPS) is 21.0. The summed E-state index contributed by atoms with van der Waals surface area (Å²) in [5.41, 5.74) is 2.19. The van der Waals surface area contributed by atoms with E-state index < -0.39 is 0 Å².